The van der Waals surface area contributed by atoms with Crippen LogP contribution in [0.2, 0.25) is 0 Å². The molecule has 0 saturated heterocycles. The minimum atomic E-state index is -4.49. The predicted molar refractivity (Wildman–Crippen MR) is 88.9 cm³/mol. The average molecular weight is 385 g/mol. The smallest absolute Gasteiger partial charge is 0.416 e. The first-order valence-electron chi connectivity index (χ1n) is 7.97. The molecule has 0 aliphatic heterocycles. The number of benzene rings is 1. The fraction of sp³-hybridized carbons (Fsp3) is 0.333. The van der Waals surface area contributed by atoms with E-state index in [0.717, 1.165) is 12.1 Å². The van der Waals surface area contributed by atoms with Gasteiger partial charge in [-0.3, -0.25) is 4.79 Å². The van der Waals surface area contributed by atoms with Crippen LogP contribution in [0.1, 0.15) is 23.0 Å². The van der Waals surface area contributed by atoms with E-state index in [9.17, 15) is 22.8 Å². The highest BCUT2D eigenvalue weighted by atomic mass is 19.4. The van der Waals surface area contributed by atoms with Gasteiger partial charge in [0.1, 0.15) is 5.76 Å². The first-order chi connectivity index (χ1) is 12.7. The van der Waals surface area contributed by atoms with Gasteiger partial charge < -0.3 is 19.2 Å². The second kappa shape index (κ2) is 8.72. The monoisotopic (exact) mass is 385 g/mol. The second-order valence-corrected chi connectivity index (χ2v) is 5.57. The summed E-state index contributed by atoms with van der Waals surface area (Å²) in [6.45, 7) is 1.96. The molecule has 2 aromatic rings. The Balaban J connectivity index is 2.05. The van der Waals surface area contributed by atoms with Crippen LogP contribution in [0.3, 0.4) is 0 Å². The van der Waals surface area contributed by atoms with Crippen LogP contribution >= 0.6 is 0 Å². The van der Waals surface area contributed by atoms with Crippen molar-refractivity contribution < 1.29 is 36.7 Å². The highest BCUT2D eigenvalue weighted by molar-refractivity contribution is 5.90. The molecule has 1 atom stereocenters. The highest BCUT2D eigenvalue weighted by Gasteiger charge is 2.30. The molecule has 0 radical (unpaired) electrons. The maximum absolute atomic E-state index is 12.8. The zero-order chi connectivity index (χ0) is 20.0. The third kappa shape index (κ3) is 5.58. The van der Waals surface area contributed by atoms with Gasteiger partial charge in [-0.2, -0.15) is 13.2 Å². The number of methoxy groups -OCH3 is 1. The molecule has 2 rings (SSSR count). The highest BCUT2D eigenvalue weighted by Crippen LogP contribution is 2.32. The van der Waals surface area contributed by atoms with Gasteiger partial charge in [0.2, 0.25) is 5.76 Å². The zero-order valence-corrected chi connectivity index (χ0v) is 14.6. The zero-order valence-electron chi connectivity index (χ0n) is 14.6. The average Bonchev–Trinajstić information content (AvgIpc) is 3.11. The van der Waals surface area contributed by atoms with E-state index in [0.29, 0.717) is 6.61 Å². The molecular weight excluding hydrogens is 367 g/mol. The Labute approximate surface area is 153 Å². The summed E-state index contributed by atoms with van der Waals surface area (Å²) in [5, 5.41) is 2.51. The Morgan fingerprint density at radius 1 is 1.22 bits per heavy atom. The normalized spacial score (nSPS) is 12.5. The van der Waals surface area contributed by atoms with Gasteiger partial charge >= 0.3 is 12.1 Å². The number of hydrogen-bond donors (Lipinski definition) is 1. The summed E-state index contributed by atoms with van der Waals surface area (Å²) in [4.78, 5) is 23.8. The molecular formula is C18H18F3NO5. The molecule has 6 nitrogen and oxygen atoms in total. The van der Waals surface area contributed by atoms with Gasteiger partial charge in [-0.15, -0.1) is 0 Å². The quantitative estimate of drug-likeness (QED) is 0.585. The fourth-order valence-corrected chi connectivity index (χ4v) is 2.14. The van der Waals surface area contributed by atoms with E-state index in [4.69, 9.17) is 13.9 Å². The van der Waals surface area contributed by atoms with Gasteiger partial charge in [0.05, 0.1) is 12.2 Å². The summed E-state index contributed by atoms with van der Waals surface area (Å²) in [6.07, 6.45) is -5.56. The van der Waals surface area contributed by atoms with Crippen molar-refractivity contribution in [2.45, 2.75) is 19.2 Å². The lowest BCUT2D eigenvalue weighted by Crippen LogP contribution is -2.37. The Morgan fingerprint density at radius 3 is 2.63 bits per heavy atom. The van der Waals surface area contributed by atoms with Crippen LogP contribution in [0.4, 0.5) is 13.2 Å². The van der Waals surface area contributed by atoms with Gasteiger partial charge in [0.15, 0.2) is 6.10 Å². The number of carbonyl (C=O) groups excluding carboxylic acids is 2. The number of amides is 1. The summed E-state index contributed by atoms with van der Waals surface area (Å²) in [5.74, 6) is -1.56. The standard InChI is InChI=1S/C18H18F3NO5/c1-11(16(23)22-8-9-25-2)26-17(24)15-7-6-14(27-15)12-4-3-5-13(10-12)18(19,20)21/h3-7,10-11H,8-9H2,1-2H3,(H,22,23)/t11-/m1/s1. The number of alkyl halides is 3. The van der Waals surface area contributed by atoms with Crippen LogP contribution in [0, 0.1) is 0 Å². The molecule has 1 aromatic heterocycles. The molecule has 9 heteroatoms. The molecule has 146 valence electrons. The number of esters is 1. The summed E-state index contributed by atoms with van der Waals surface area (Å²) in [6, 6.07) is 7.15. The Morgan fingerprint density at radius 2 is 1.96 bits per heavy atom. The number of carbonyl (C=O) groups is 2. The van der Waals surface area contributed by atoms with E-state index in [1.807, 2.05) is 0 Å². The minimum Gasteiger partial charge on any atom is -0.449 e. The van der Waals surface area contributed by atoms with Crippen molar-refractivity contribution in [3.05, 3.63) is 47.7 Å². The van der Waals surface area contributed by atoms with E-state index in [1.165, 1.54) is 38.3 Å². The number of furan rings is 1. The van der Waals surface area contributed by atoms with Crippen molar-refractivity contribution in [2.75, 3.05) is 20.3 Å². The van der Waals surface area contributed by atoms with Crippen molar-refractivity contribution in [3.63, 3.8) is 0 Å². The second-order valence-electron chi connectivity index (χ2n) is 5.57. The van der Waals surface area contributed by atoms with Crippen molar-refractivity contribution in [3.8, 4) is 11.3 Å². The van der Waals surface area contributed by atoms with E-state index in [2.05, 4.69) is 5.32 Å². The Bertz CT molecular complexity index is 800. The molecule has 0 spiro atoms. The lowest BCUT2D eigenvalue weighted by Gasteiger charge is -2.12. The van der Waals surface area contributed by atoms with Crippen LogP contribution in [0.15, 0.2) is 40.8 Å². The van der Waals surface area contributed by atoms with Crippen LogP contribution in [0.25, 0.3) is 11.3 Å². The molecule has 1 heterocycles. The van der Waals surface area contributed by atoms with E-state index in [1.54, 1.807) is 0 Å². The molecule has 0 fully saturated rings. The van der Waals surface area contributed by atoms with Gasteiger partial charge in [-0.1, -0.05) is 12.1 Å². The first kappa shape index (κ1) is 20.5. The molecule has 0 aliphatic carbocycles. The van der Waals surface area contributed by atoms with Crippen molar-refractivity contribution in [1.29, 1.82) is 0 Å². The molecule has 1 amide bonds. The minimum absolute atomic E-state index is 0.0743. The topological polar surface area (TPSA) is 77.8 Å². The third-order valence-corrected chi connectivity index (χ3v) is 3.54. The fourth-order valence-electron chi connectivity index (χ4n) is 2.14. The predicted octanol–water partition coefficient (Wildman–Crippen LogP) is 3.27. The molecule has 27 heavy (non-hydrogen) atoms. The van der Waals surface area contributed by atoms with Crippen LogP contribution in [-0.2, 0) is 20.4 Å². The number of rotatable bonds is 7. The van der Waals surface area contributed by atoms with Gasteiger partial charge in [-0.05, 0) is 31.2 Å². The molecule has 1 aromatic carbocycles. The summed E-state index contributed by atoms with van der Waals surface area (Å²) in [7, 11) is 1.48. The first-order valence-corrected chi connectivity index (χ1v) is 7.97. The Kier molecular flexibility index (Phi) is 6.62. The van der Waals surface area contributed by atoms with Crippen LogP contribution in [-0.4, -0.2) is 38.2 Å². The van der Waals surface area contributed by atoms with Gasteiger partial charge in [0, 0.05) is 19.2 Å². The summed E-state index contributed by atoms with van der Waals surface area (Å²) < 4.78 is 53.5. The SMILES string of the molecule is COCCNC(=O)[C@@H](C)OC(=O)c1ccc(-c2cccc(C(F)(F)F)c2)o1. The molecule has 0 aliphatic rings. The molecule has 0 unspecified atom stereocenters. The lowest BCUT2D eigenvalue weighted by molar-refractivity contribution is -0.137. The van der Waals surface area contributed by atoms with Crippen molar-refractivity contribution in [2.24, 2.45) is 0 Å². The van der Waals surface area contributed by atoms with Crippen LogP contribution < -0.4 is 5.32 Å². The summed E-state index contributed by atoms with van der Waals surface area (Å²) in [5.41, 5.74) is -0.670. The summed E-state index contributed by atoms with van der Waals surface area (Å²) >= 11 is 0. The lowest BCUT2D eigenvalue weighted by atomic mass is 10.1. The van der Waals surface area contributed by atoms with Crippen molar-refractivity contribution in [1.82, 2.24) is 5.32 Å². The largest absolute Gasteiger partial charge is 0.449 e. The van der Waals surface area contributed by atoms with Gasteiger partial charge in [-0.25, -0.2) is 4.79 Å². The molecule has 0 bridgehead atoms. The Hall–Kier alpha value is -2.81. The number of halogens is 3. The van der Waals surface area contributed by atoms with Crippen LogP contribution in [0.5, 0.6) is 0 Å². The van der Waals surface area contributed by atoms with E-state index < -0.39 is 29.7 Å². The number of hydrogen-bond acceptors (Lipinski definition) is 5. The third-order valence-electron chi connectivity index (χ3n) is 3.54. The van der Waals surface area contributed by atoms with E-state index in [-0.39, 0.29) is 23.6 Å². The number of ether oxygens (including phenoxy) is 2. The maximum Gasteiger partial charge on any atom is 0.416 e. The molecule has 1 N–H and O–H groups in total. The van der Waals surface area contributed by atoms with Crippen molar-refractivity contribution >= 4 is 11.9 Å². The molecule has 0 saturated carbocycles. The maximum atomic E-state index is 12.8. The van der Waals surface area contributed by atoms with E-state index >= 15 is 0 Å². The van der Waals surface area contributed by atoms with Gasteiger partial charge in [0.25, 0.3) is 5.91 Å². The number of nitrogens with one attached hydrogen (secondary N) is 1.